The number of hydrogen-bond acceptors (Lipinski definition) is 7. The fraction of sp³-hybridized carbons (Fsp3) is 0.333. The third-order valence-corrected chi connectivity index (χ3v) is 5.22. The van der Waals surface area contributed by atoms with Crippen LogP contribution in [0.15, 0.2) is 48.6 Å². The van der Waals surface area contributed by atoms with E-state index in [1.165, 1.54) is 13.1 Å². The van der Waals surface area contributed by atoms with Gasteiger partial charge in [-0.05, 0) is 43.1 Å². The van der Waals surface area contributed by atoms with Crippen LogP contribution in [-0.2, 0) is 9.59 Å². The van der Waals surface area contributed by atoms with Crippen molar-refractivity contribution >= 4 is 23.4 Å². The number of fused-ring (bicyclic) bond motifs is 1. The molecule has 9 nitrogen and oxygen atoms in total. The smallest absolute Gasteiger partial charge is 0.328 e. The first kappa shape index (κ1) is 21.3. The number of carbonyl (C=O) groups is 2. The molecule has 9 heteroatoms. The maximum atomic E-state index is 9.55. The van der Waals surface area contributed by atoms with Crippen LogP contribution in [0.25, 0.3) is 11.3 Å². The summed E-state index contributed by atoms with van der Waals surface area (Å²) in [6.07, 6.45) is 1.12. The Bertz CT molecular complexity index is 884. The third kappa shape index (κ3) is 5.54. The molecule has 2 aromatic rings. The van der Waals surface area contributed by atoms with E-state index < -0.39 is 11.9 Å². The van der Waals surface area contributed by atoms with E-state index in [9.17, 15) is 9.59 Å². The predicted octanol–water partition coefficient (Wildman–Crippen LogP) is 1.44. The second-order valence-corrected chi connectivity index (χ2v) is 7.55. The zero-order valence-electron chi connectivity index (χ0n) is 16.7. The topological polar surface area (TPSA) is 133 Å². The highest BCUT2D eigenvalue weighted by Crippen LogP contribution is 2.32. The molecule has 0 spiro atoms. The fourth-order valence-corrected chi connectivity index (χ4v) is 3.86. The van der Waals surface area contributed by atoms with Crippen molar-refractivity contribution in [2.24, 2.45) is 11.8 Å². The van der Waals surface area contributed by atoms with Crippen molar-refractivity contribution in [1.82, 2.24) is 15.1 Å². The Balaban J connectivity index is 0.000000275. The lowest BCUT2D eigenvalue weighted by atomic mass is 10.0. The number of carboxylic acids is 2. The average molecular weight is 411 g/mol. The zero-order valence-corrected chi connectivity index (χ0v) is 16.7. The summed E-state index contributed by atoms with van der Waals surface area (Å²) >= 11 is 0. The molecule has 2 atom stereocenters. The van der Waals surface area contributed by atoms with Crippen LogP contribution < -0.4 is 10.6 Å². The summed E-state index contributed by atoms with van der Waals surface area (Å²) in [4.78, 5) is 23.9. The number of nitrogens with zero attached hydrogens (tertiary/aromatic N) is 4. The Kier molecular flexibility index (Phi) is 6.63. The van der Waals surface area contributed by atoms with Gasteiger partial charge in [-0.15, -0.1) is 10.2 Å². The standard InChI is InChI=1S/C17H21N5.C4H4O4/c1-21-8-13-10-22(11-14(13)9-21)17-7-6-16(19-20-17)12-2-4-15(18)5-3-12;5-3(6)1-2-4(7)8/h2-7,13-14H,8-11,18H2,1H3;1-2H,(H,5,6)(H,7,8)/b;2-1+. The van der Waals surface area contributed by atoms with E-state index in [0.717, 1.165) is 47.7 Å². The van der Waals surface area contributed by atoms with Gasteiger partial charge in [0.1, 0.15) is 0 Å². The maximum Gasteiger partial charge on any atom is 0.328 e. The number of rotatable bonds is 4. The van der Waals surface area contributed by atoms with E-state index in [2.05, 4.69) is 33.1 Å². The number of likely N-dealkylation sites (tertiary alicyclic amines) is 1. The van der Waals surface area contributed by atoms with Crippen LogP contribution in [0.3, 0.4) is 0 Å². The van der Waals surface area contributed by atoms with Gasteiger partial charge in [-0.2, -0.15) is 0 Å². The first-order valence-corrected chi connectivity index (χ1v) is 9.59. The molecule has 3 heterocycles. The molecule has 1 aromatic carbocycles. The van der Waals surface area contributed by atoms with Crippen LogP contribution in [-0.4, -0.2) is 70.5 Å². The summed E-state index contributed by atoms with van der Waals surface area (Å²) in [7, 11) is 2.21. The zero-order chi connectivity index (χ0) is 21.7. The number of aromatic nitrogens is 2. The molecule has 2 fully saturated rings. The van der Waals surface area contributed by atoms with E-state index >= 15 is 0 Å². The number of nitrogens with two attached hydrogens (primary N) is 1. The summed E-state index contributed by atoms with van der Waals surface area (Å²) in [5.41, 5.74) is 8.43. The molecule has 0 saturated carbocycles. The fourth-order valence-electron chi connectivity index (χ4n) is 3.86. The van der Waals surface area contributed by atoms with E-state index in [-0.39, 0.29) is 0 Å². The molecule has 4 N–H and O–H groups in total. The van der Waals surface area contributed by atoms with E-state index in [1.54, 1.807) is 0 Å². The van der Waals surface area contributed by atoms with Crippen molar-refractivity contribution in [2.45, 2.75) is 0 Å². The van der Waals surface area contributed by atoms with Gasteiger partial charge in [-0.1, -0.05) is 12.1 Å². The number of aliphatic carboxylic acids is 2. The van der Waals surface area contributed by atoms with Gasteiger partial charge >= 0.3 is 11.9 Å². The van der Waals surface area contributed by atoms with Crippen LogP contribution in [0, 0.1) is 11.8 Å². The maximum absolute atomic E-state index is 9.55. The minimum Gasteiger partial charge on any atom is -0.478 e. The van der Waals surface area contributed by atoms with Crippen molar-refractivity contribution in [3.8, 4) is 11.3 Å². The lowest BCUT2D eigenvalue weighted by Crippen LogP contribution is -2.27. The summed E-state index contributed by atoms with van der Waals surface area (Å²) in [6.45, 7) is 4.62. The van der Waals surface area contributed by atoms with Gasteiger partial charge in [0.15, 0.2) is 5.82 Å². The van der Waals surface area contributed by atoms with E-state index in [1.807, 2.05) is 30.3 Å². The highest BCUT2D eigenvalue weighted by atomic mass is 16.4. The van der Waals surface area contributed by atoms with Crippen molar-refractivity contribution in [2.75, 3.05) is 43.9 Å². The molecule has 1 aromatic heterocycles. The minimum absolute atomic E-state index is 0.558. The van der Waals surface area contributed by atoms with E-state index in [4.69, 9.17) is 15.9 Å². The number of benzene rings is 1. The molecular weight excluding hydrogens is 386 g/mol. The molecule has 0 radical (unpaired) electrons. The summed E-state index contributed by atoms with van der Waals surface area (Å²) in [6, 6.07) is 11.9. The Morgan fingerprint density at radius 2 is 1.50 bits per heavy atom. The van der Waals surface area contributed by atoms with Gasteiger partial charge in [0.2, 0.25) is 0 Å². The SMILES string of the molecule is CN1CC2CN(c3ccc(-c4ccc(N)cc4)nn3)CC2C1.O=C(O)/C=C/C(=O)O. The molecule has 30 heavy (non-hydrogen) atoms. The normalized spacial score (nSPS) is 20.6. The van der Waals surface area contributed by atoms with Crippen LogP contribution in [0.5, 0.6) is 0 Å². The quantitative estimate of drug-likeness (QED) is 0.505. The molecule has 4 rings (SSSR count). The summed E-state index contributed by atoms with van der Waals surface area (Å²) in [5.74, 6) is 0.0446. The van der Waals surface area contributed by atoms with Crippen molar-refractivity contribution in [3.63, 3.8) is 0 Å². The highest BCUT2D eigenvalue weighted by molar-refractivity contribution is 5.89. The summed E-state index contributed by atoms with van der Waals surface area (Å²) < 4.78 is 0. The average Bonchev–Trinajstić information content (AvgIpc) is 3.25. The van der Waals surface area contributed by atoms with Crippen LogP contribution in [0.1, 0.15) is 0 Å². The largest absolute Gasteiger partial charge is 0.478 e. The van der Waals surface area contributed by atoms with Gasteiger partial charge in [-0.25, -0.2) is 9.59 Å². The highest BCUT2D eigenvalue weighted by Gasteiger charge is 2.39. The molecule has 2 unspecified atom stereocenters. The van der Waals surface area contributed by atoms with Crippen LogP contribution in [0.2, 0.25) is 0 Å². The first-order valence-electron chi connectivity index (χ1n) is 9.59. The lowest BCUT2D eigenvalue weighted by molar-refractivity contribution is -0.134. The van der Waals surface area contributed by atoms with E-state index in [0.29, 0.717) is 12.2 Å². The Morgan fingerprint density at radius 3 is 1.97 bits per heavy atom. The van der Waals surface area contributed by atoms with Crippen molar-refractivity contribution < 1.29 is 19.8 Å². The predicted molar refractivity (Wildman–Crippen MR) is 113 cm³/mol. The second kappa shape index (κ2) is 9.36. The Labute approximate surface area is 174 Å². The molecule has 2 aliphatic rings. The number of anilines is 2. The molecular formula is C21H25N5O4. The monoisotopic (exact) mass is 411 g/mol. The molecule has 0 bridgehead atoms. The number of carboxylic acid groups (broad SMARTS) is 2. The lowest BCUT2D eigenvalue weighted by Gasteiger charge is -2.19. The number of nitrogen functional groups attached to an aromatic ring is 1. The van der Waals surface area contributed by atoms with Gasteiger partial charge < -0.3 is 25.7 Å². The minimum atomic E-state index is -1.26. The number of hydrogen-bond donors (Lipinski definition) is 3. The summed E-state index contributed by atoms with van der Waals surface area (Å²) in [5, 5.41) is 24.5. The molecule has 2 aliphatic heterocycles. The second-order valence-electron chi connectivity index (χ2n) is 7.55. The Morgan fingerprint density at radius 1 is 0.933 bits per heavy atom. The molecule has 0 aliphatic carbocycles. The van der Waals surface area contributed by atoms with Gasteiger partial charge in [0, 0.05) is 49.6 Å². The van der Waals surface area contributed by atoms with Crippen molar-refractivity contribution in [1.29, 1.82) is 0 Å². The molecule has 158 valence electrons. The molecule has 2 saturated heterocycles. The van der Waals surface area contributed by atoms with Gasteiger partial charge in [0.25, 0.3) is 0 Å². The first-order chi connectivity index (χ1) is 14.3. The molecule has 0 amide bonds. The van der Waals surface area contributed by atoms with Crippen molar-refractivity contribution in [3.05, 3.63) is 48.6 Å². The van der Waals surface area contributed by atoms with Gasteiger partial charge in [-0.3, -0.25) is 0 Å². The third-order valence-electron chi connectivity index (χ3n) is 5.22. The van der Waals surface area contributed by atoms with Gasteiger partial charge in [0.05, 0.1) is 5.69 Å². The van der Waals surface area contributed by atoms with Crippen LogP contribution in [0.4, 0.5) is 11.5 Å². The Hall–Kier alpha value is -3.46. The van der Waals surface area contributed by atoms with Crippen LogP contribution >= 0.6 is 0 Å².